The Labute approximate surface area is 76.4 Å². The van der Waals surface area contributed by atoms with Crippen molar-refractivity contribution in [3.63, 3.8) is 0 Å². The summed E-state index contributed by atoms with van der Waals surface area (Å²) in [7, 11) is 0. The predicted molar refractivity (Wildman–Crippen MR) is 48.7 cm³/mol. The maximum Gasteiger partial charge on any atom is 0.322 e. The molecule has 0 aromatic carbocycles. The molecule has 0 saturated heterocycles. The molecule has 0 aliphatic carbocycles. The monoisotopic (exact) mass is 183 g/mol. The van der Waals surface area contributed by atoms with Crippen LogP contribution in [0.15, 0.2) is 12.4 Å². The van der Waals surface area contributed by atoms with E-state index >= 15 is 0 Å². The van der Waals surface area contributed by atoms with E-state index < -0.39 is 5.97 Å². The van der Waals surface area contributed by atoms with Crippen LogP contribution in [0.1, 0.15) is 19.9 Å². The first-order valence-corrected chi connectivity index (χ1v) is 4.09. The summed E-state index contributed by atoms with van der Waals surface area (Å²) in [5.74, 6) is -0.296. The molecule has 13 heavy (non-hydrogen) atoms. The quantitative estimate of drug-likeness (QED) is 0.729. The minimum atomic E-state index is -0.890. The highest BCUT2D eigenvalue weighted by Crippen LogP contribution is 2.11. The fraction of sp³-hybridized carbons (Fsp3) is 0.500. The smallest absolute Gasteiger partial charge is 0.322 e. The molecule has 0 amide bonds. The van der Waals surface area contributed by atoms with Crippen molar-refractivity contribution in [2.45, 2.75) is 19.9 Å². The van der Waals surface area contributed by atoms with Crippen molar-refractivity contribution in [2.75, 3.05) is 11.9 Å². The Kier molecular flexibility index (Phi) is 2.89. The highest BCUT2D eigenvalue weighted by molar-refractivity contribution is 5.71. The molecular formula is C8H13N3O2. The van der Waals surface area contributed by atoms with E-state index in [0.29, 0.717) is 5.95 Å². The zero-order chi connectivity index (χ0) is 9.84. The van der Waals surface area contributed by atoms with Crippen molar-refractivity contribution < 1.29 is 9.90 Å². The molecule has 1 rings (SSSR count). The van der Waals surface area contributed by atoms with Crippen LogP contribution in [0.4, 0.5) is 5.95 Å². The Morgan fingerprint density at radius 2 is 2.46 bits per heavy atom. The summed E-state index contributed by atoms with van der Waals surface area (Å²) in [5, 5.41) is 11.2. The molecule has 1 aromatic heterocycles. The average Bonchev–Trinajstić information content (AvgIpc) is 2.47. The van der Waals surface area contributed by atoms with E-state index in [0.717, 1.165) is 0 Å². The molecule has 2 N–H and O–H groups in total. The maximum atomic E-state index is 10.3. The molecule has 0 spiro atoms. The van der Waals surface area contributed by atoms with Crippen molar-refractivity contribution in [3.05, 3.63) is 12.4 Å². The van der Waals surface area contributed by atoms with E-state index in [-0.39, 0.29) is 12.6 Å². The third-order valence-electron chi connectivity index (χ3n) is 1.62. The van der Waals surface area contributed by atoms with E-state index in [1.165, 1.54) is 0 Å². The summed E-state index contributed by atoms with van der Waals surface area (Å²) < 4.78 is 1.88. The fourth-order valence-corrected chi connectivity index (χ4v) is 1.02. The summed E-state index contributed by atoms with van der Waals surface area (Å²) in [5.41, 5.74) is 0. The van der Waals surface area contributed by atoms with Crippen molar-refractivity contribution in [3.8, 4) is 0 Å². The standard InChI is InChI=1S/C8H13N3O2/c1-6(2)11-4-3-9-8(11)10-5-7(12)13/h3-4,6H,5H2,1-2H3,(H,9,10)(H,12,13). The zero-order valence-electron chi connectivity index (χ0n) is 7.69. The van der Waals surface area contributed by atoms with Crippen molar-refractivity contribution in [1.29, 1.82) is 0 Å². The highest BCUT2D eigenvalue weighted by Gasteiger charge is 2.05. The molecule has 0 aliphatic heterocycles. The molecule has 0 saturated carbocycles. The first-order chi connectivity index (χ1) is 6.11. The van der Waals surface area contributed by atoms with Gasteiger partial charge in [0.25, 0.3) is 0 Å². The van der Waals surface area contributed by atoms with E-state index in [2.05, 4.69) is 10.3 Å². The topological polar surface area (TPSA) is 67.2 Å². The Morgan fingerprint density at radius 3 is 3.00 bits per heavy atom. The number of nitrogens with one attached hydrogen (secondary N) is 1. The van der Waals surface area contributed by atoms with Crippen LogP contribution in [0.3, 0.4) is 0 Å². The number of anilines is 1. The Bertz CT molecular complexity index is 293. The van der Waals surface area contributed by atoms with Crippen LogP contribution < -0.4 is 5.32 Å². The lowest BCUT2D eigenvalue weighted by Crippen LogP contribution is -2.16. The van der Waals surface area contributed by atoms with Gasteiger partial charge in [0.2, 0.25) is 5.95 Å². The van der Waals surface area contributed by atoms with Gasteiger partial charge >= 0.3 is 5.97 Å². The van der Waals surface area contributed by atoms with Gasteiger partial charge in [0.15, 0.2) is 0 Å². The number of nitrogens with zero attached hydrogens (tertiary/aromatic N) is 2. The highest BCUT2D eigenvalue weighted by atomic mass is 16.4. The van der Waals surface area contributed by atoms with Gasteiger partial charge in [0, 0.05) is 18.4 Å². The third-order valence-corrected chi connectivity index (χ3v) is 1.62. The van der Waals surface area contributed by atoms with Gasteiger partial charge in [-0.05, 0) is 13.8 Å². The van der Waals surface area contributed by atoms with Gasteiger partial charge in [-0.25, -0.2) is 4.98 Å². The van der Waals surface area contributed by atoms with Gasteiger partial charge in [-0.3, -0.25) is 4.79 Å². The van der Waals surface area contributed by atoms with E-state index in [4.69, 9.17) is 5.11 Å². The van der Waals surface area contributed by atoms with Crippen LogP contribution in [0.5, 0.6) is 0 Å². The normalized spacial score (nSPS) is 10.4. The molecule has 5 nitrogen and oxygen atoms in total. The summed E-state index contributed by atoms with van der Waals surface area (Å²) in [6.07, 6.45) is 3.46. The molecule has 72 valence electrons. The van der Waals surface area contributed by atoms with Crippen LogP contribution >= 0.6 is 0 Å². The van der Waals surface area contributed by atoms with Gasteiger partial charge in [-0.2, -0.15) is 0 Å². The number of imidazole rings is 1. The molecule has 0 unspecified atom stereocenters. The third kappa shape index (κ3) is 2.47. The lowest BCUT2D eigenvalue weighted by Gasteiger charge is -2.11. The molecule has 0 radical (unpaired) electrons. The second-order valence-electron chi connectivity index (χ2n) is 3.00. The first kappa shape index (κ1) is 9.57. The van der Waals surface area contributed by atoms with Crippen molar-refractivity contribution in [1.82, 2.24) is 9.55 Å². The van der Waals surface area contributed by atoms with Gasteiger partial charge in [0.05, 0.1) is 0 Å². The van der Waals surface area contributed by atoms with Crippen LogP contribution in [0.2, 0.25) is 0 Å². The minimum absolute atomic E-state index is 0.107. The molecule has 0 bridgehead atoms. The second kappa shape index (κ2) is 3.93. The predicted octanol–water partition coefficient (Wildman–Crippen LogP) is 0.960. The minimum Gasteiger partial charge on any atom is -0.480 e. The number of aromatic nitrogens is 2. The van der Waals surface area contributed by atoms with Crippen LogP contribution in [-0.2, 0) is 4.79 Å². The number of hydrogen-bond acceptors (Lipinski definition) is 3. The molecule has 0 aliphatic rings. The fourth-order valence-electron chi connectivity index (χ4n) is 1.02. The van der Waals surface area contributed by atoms with Crippen molar-refractivity contribution in [2.24, 2.45) is 0 Å². The largest absolute Gasteiger partial charge is 0.480 e. The van der Waals surface area contributed by atoms with Crippen molar-refractivity contribution >= 4 is 11.9 Å². The number of hydrogen-bond donors (Lipinski definition) is 2. The number of carboxylic acids is 1. The maximum absolute atomic E-state index is 10.3. The first-order valence-electron chi connectivity index (χ1n) is 4.09. The summed E-state index contributed by atoms with van der Waals surface area (Å²) >= 11 is 0. The Morgan fingerprint density at radius 1 is 1.77 bits per heavy atom. The van der Waals surface area contributed by atoms with Gasteiger partial charge in [-0.15, -0.1) is 0 Å². The van der Waals surface area contributed by atoms with Gasteiger partial charge < -0.3 is 15.0 Å². The zero-order valence-corrected chi connectivity index (χ0v) is 7.69. The summed E-state index contributed by atoms with van der Waals surface area (Å²) in [6.45, 7) is 3.91. The summed E-state index contributed by atoms with van der Waals surface area (Å²) in [6, 6.07) is 0.277. The SMILES string of the molecule is CC(C)n1ccnc1NCC(=O)O. The number of aliphatic carboxylic acids is 1. The second-order valence-corrected chi connectivity index (χ2v) is 3.00. The average molecular weight is 183 g/mol. The van der Waals surface area contributed by atoms with E-state index in [1.807, 2.05) is 24.6 Å². The number of rotatable bonds is 4. The van der Waals surface area contributed by atoms with Gasteiger partial charge in [0.1, 0.15) is 6.54 Å². The molecular weight excluding hydrogens is 170 g/mol. The number of carbonyl (C=O) groups is 1. The Hall–Kier alpha value is -1.52. The van der Waals surface area contributed by atoms with E-state index in [9.17, 15) is 4.79 Å². The molecule has 1 heterocycles. The van der Waals surface area contributed by atoms with Gasteiger partial charge in [-0.1, -0.05) is 0 Å². The van der Waals surface area contributed by atoms with E-state index in [1.54, 1.807) is 6.20 Å². The molecule has 0 atom stereocenters. The van der Waals surface area contributed by atoms with Crippen LogP contribution in [-0.4, -0.2) is 27.2 Å². The summed E-state index contributed by atoms with van der Waals surface area (Å²) in [4.78, 5) is 14.3. The lowest BCUT2D eigenvalue weighted by atomic mass is 10.4. The molecule has 5 heteroatoms. The number of carboxylic acid groups (broad SMARTS) is 1. The Balaban J connectivity index is 2.65. The molecule has 1 aromatic rings. The molecule has 0 fully saturated rings. The van der Waals surface area contributed by atoms with Crippen LogP contribution in [0.25, 0.3) is 0 Å². The lowest BCUT2D eigenvalue weighted by molar-refractivity contribution is -0.134. The van der Waals surface area contributed by atoms with Crippen LogP contribution in [0, 0.1) is 0 Å².